The lowest BCUT2D eigenvalue weighted by Crippen LogP contribution is -2.25. The van der Waals surface area contributed by atoms with E-state index < -0.39 is 26.0 Å². The van der Waals surface area contributed by atoms with E-state index in [0.29, 0.717) is 5.56 Å². The third-order valence-electron chi connectivity index (χ3n) is 3.58. The topological polar surface area (TPSA) is 127 Å². The second-order valence-corrected chi connectivity index (χ2v) is 9.40. The maximum atomic E-state index is 12.3. The maximum absolute atomic E-state index is 12.3. The fraction of sp³-hybridized carbons (Fsp3) is 0.188. The highest BCUT2D eigenvalue weighted by Crippen LogP contribution is 2.15. The maximum Gasteiger partial charge on any atom is 0.251 e. The Morgan fingerprint density at radius 1 is 1.00 bits per heavy atom. The largest absolute Gasteiger partial charge is 0.348 e. The molecule has 2 rings (SSSR count). The normalized spacial score (nSPS) is 12.2. The summed E-state index contributed by atoms with van der Waals surface area (Å²) in [5.74, 6) is -0.448. The summed E-state index contributed by atoms with van der Waals surface area (Å²) < 4.78 is 47.8. The van der Waals surface area contributed by atoms with Gasteiger partial charge < -0.3 is 5.32 Å². The summed E-state index contributed by atoms with van der Waals surface area (Å²) in [6.45, 7) is 0.147. The third-order valence-corrected chi connectivity index (χ3v) is 6.32. The van der Waals surface area contributed by atoms with Crippen molar-refractivity contribution in [1.29, 1.82) is 0 Å². The summed E-state index contributed by atoms with van der Waals surface area (Å²) in [7, 11) is -4.58. The number of hydrogen-bond donors (Lipinski definition) is 2. The van der Waals surface area contributed by atoms with E-state index in [2.05, 4.69) is 5.32 Å². The molecule has 0 atom stereocenters. The van der Waals surface area contributed by atoms with Gasteiger partial charge in [-0.15, -0.1) is 0 Å². The third kappa shape index (κ3) is 4.67. The van der Waals surface area contributed by atoms with Gasteiger partial charge in [-0.25, -0.2) is 26.3 Å². The summed E-state index contributed by atoms with van der Waals surface area (Å²) >= 11 is 0. The van der Waals surface area contributed by atoms with Crippen molar-refractivity contribution in [2.24, 2.45) is 5.14 Å². The lowest BCUT2D eigenvalue weighted by molar-refractivity contribution is 0.0950. The summed E-state index contributed by atoms with van der Waals surface area (Å²) in [5, 5.41) is 7.68. The second kappa shape index (κ2) is 7.54. The van der Waals surface area contributed by atoms with Crippen molar-refractivity contribution >= 4 is 26.0 Å². The molecule has 0 heterocycles. The van der Waals surface area contributed by atoms with Gasteiger partial charge in [0.25, 0.3) is 5.91 Å². The van der Waals surface area contributed by atoms with Crippen LogP contribution in [0.1, 0.15) is 15.9 Å². The van der Waals surface area contributed by atoms with Gasteiger partial charge in [-0.3, -0.25) is 4.79 Å². The predicted octanol–water partition coefficient (Wildman–Crippen LogP) is 0.514. The van der Waals surface area contributed by atoms with Crippen LogP contribution < -0.4 is 10.5 Å². The molecule has 10 heteroatoms. The Bertz CT molecular complexity index is 1010. The number of nitrogens with two attached hydrogens (primary N) is 1. The average molecular weight is 397 g/mol. The van der Waals surface area contributed by atoms with Gasteiger partial charge in [-0.1, -0.05) is 18.2 Å². The molecule has 8 nitrogen and oxygen atoms in total. The van der Waals surface area contributed by atoms with Gasteiger partial charge in [0.05, 0.1) is 9.79 Å². The second-order valence-electron chi connectivity index (χ2n) is 5.69. The number of hydrogen-bond acceptors (Lipinski definition) is 5. The zero-order valence-corrected chi connectivity index (χ0v) is 15.8. The minimum atomic E-state index is -3.77. The summed E-state index contributed by atoms with van der Waals surface area (Å²) in [4.78, 5) is 12.3. The fourth-order valence-electron chi connectivity index (χ4n) is 2.09. The Morgan fingerprint density at radius 3 is 2.15 bits per heavy atom. The number of benzene rings is 2. The molecule has 140 valence electrons. The molecule has 0 aliphatic heterocycles. The van der Waals surface area contributed by atoms with E-state index >= 15 is 0 Å². The molecule has 0 aliphatic rings. The molecule has 0 fully saturated rings. The molecule has 1 amide bonds. The van der Waals surface area contributed by atoms with Gasteiger partial charge in [0.2, 0.25) is 20.0 Å². The molecular weight excluding hydrogens is 378 g/mol. The van der Waals surface area contributed by atoms with Crippen LogP contribution in [0.4, 0.5) is 0 Å². The molecule has 0 bridgehead atoms. The number of sulfonamides is 2. The van der Waals surface area contributed by atoms with Gasteiger partial charge in [-0.05, 0) is 35.9 Å². The molecule has 2 aromatic rings. The fourth-order valence-corrected chi connectivity index (χ4v) is 3.55. The number of nitrogens with one attached hydrogen (secondary N) is 1. The average Bonchev–Trinajstić information content (AvgIpc) is 2.59. The molecular formula is C16H19N3O5S2. The zero-order chi connectivity index (χ0) is 19.5. The van der Waals surface area contributed by atoms with E-state index in [9.17, 15) is 21.6 Å². The Hall–Kier alpha value is -2.27. The van der Waals surface area contributed by atoms with E-state index in [-0.39, 0.29) is 21.9 Å². The van der Waals surface area contributed by atoms with E-state index in [4.69, 9.17) is 5.14 Å². The molecule has 0 spiro atoms. The molecule has 0 radical (unpaired) electrons. The molecule has 2 aromatic carbocycles. The van der Waals surface area contributed by atoms with E-state index in [1.807, 2.05) is 0 Å². The van der Waals surface area contributed by atoms with Crippen LogP contribution in [-0.4, -0.2) is 41.1 Å². The van der Waals surface area contributed by atoms with Gasteiger partial charge in [0.1, 0.15) is 0 Å². The minimum Gasteiger partial charge on any atom is -0.348 e. The first-order valence-corrected chi connectivity index (χ1v) is 10.4. The summed E-state index contributed by atoms with van der Waals surface area (Å²) in [5.41, 5.74) is 0.872. The van der Waals surface area contributed by atoms with Crippen LogP contribution in [0.3, 0.4) is 0 Å². The lowest BCUT2D eigenvalue weighted by Gasteiger charge is -2.12. The highest BCUT2D eigenvalue weighted by molar-refractivity contribution is 7.89. The summed E-state index contributed by atoms with van der Waals surface area (Å²) in [6, 6.07) is 11.5. The molecule has 0 aromatic heterocycles. The quantitative estimate of drug-likeness (QED) is 0.734. The van der Waals surface area contributed by atoms with Crippen LogP contribution in [-0.2, 0) is 26.6 Å². The van der Waals surface area contributed by atoms with Gasteiger partial charge in [0.15, 0.2) is 0 Å². The van der Waals surface area contributed by atoms with Crippen molar-refractivity contribution in [3.63, 3.8) is 0 Å². The van der Waals surface area contributed by atoms with Crippen molar-refractivity contribution < 1.29 is 21.6 Å². The van der Waals surface area contributed by atoms with Gasteiger partial charge >= 0.3 is 0 Å². The summed E-state index contributed by atoms with van der Waals surface area (Å²) in [6.07, 6.45) is 0. The van der Waals surface area contributed by atoms with Gasteiger partial charge in [0, 0.05) is 26.2 Å². The molecule has 3 N–H and O–H groups in total. The molecule has 0 saturated carbocycles. The zero-order valence-electron chi connectivity index (χ0n) is 14.2. The van der Waals surface area contributed by atoms with Gasteiger partial charge in [-0.2, -0.15) is 0 Å². The van der Waals surface area contributed by atoms with Crippen molar-refractivity contribution in [2.75, 3.05) is 14.1 Å². The van der Waals surface area contributed by atoms with Crippen LogP contribution in [0, 0.1) is 0 Å². The highest BCUT2D eigenvalue weighted by Gasteiger charge is 2.18. The Balaban J connectivity index is 2.11. The van der Waals surface area contributed by atoms with Crippen LogP contribution in [0.25, 0.3) is 0 Å². The van der Waals surface area contributed by atoms with Crippen LogP contribution in [0.5, 0.6) is 0 Å². The smallest absolute Gasteiger partial charge is 0.251 e. The van der Waals surface area contributed by atoms with Crippen molar-refractivity contribution in [2.45, 2.75) is 16.3 Å². The number of amides is 1. The predicted molar refractivity (Wildman–Crippen MR) is 96.3 cm³/mol. The van der Waals surface area contributed by atoms with E-state index in [0.717, 1.165) is 4.31 Å². The molecule has 0 saturated heterocycles. The number of carbonyl (C=O) groups is 1. The Labute approximate surface area is 152 Å². The van der Waals surface area contributed by atoms with Crippen molar-refractivity contribution in [3.8, 4) is 0 Å². The number of primary sulfonamides is 1. The number of nitrogens with zero attached hydrogens (tertiary/aromatic N) is 1. The Morgan fingerprint density at radius 2 is 1.62 bits per heavy atom. The van der Waals surface area contributed by atoms with Crippen molar-refractivity contribution in [1.82, 2.24) is 9.62 Å². The van der Waals surface area contributed by atoms with E-state index in [1.165, 1.54) is 62.6 Å². The highest BCUT2D eigenvalue weighted by atomic mass is 32.2. The molecule has 0 unspecified atom stereocenters. The SMILES string of the molecule is CN(C)S(=O)(=O)c1cccc(C(=O)NCc2ccc(S(N)(=O)=O)cc2)c1. The van der Waals surface area contributed by atoms with Crippen molar-refractivity contribution in [3.05, 3.63) is 59.7 Å². The monoisotopic (exact) mass is 397 g/mol. The first-order chi connectivity index (χ1) is 12.0. The van der Waals surface area contributed by atoms with Crippen LogP contribution >= 0.6 is 0 Å². The van der Waals surface area contributed by atoms with Crippen LogP contribution in [0.15, 0.2) is 58.3 Å². The first kappa shape index (κ1) is 20.0. The number of rotatable bonds is 6. The Kier molecular flexibility index (Phi) is 5.81. The van der Waals surface area contributed by atoms with E-state index in [1.54, 1.807) is 0 Å². The minimum absolute atomic E-state index is 0.0193. The first-order valence-electron chi connectivity index (χ1n) is 7.44. The van der Waals surface area contributed by atoms with Crippen LogP contribution in [0.2, 0.25) is 0 Å². The number of carbonyl (C=O) groups excluding carboxylic acids is 1. The molecule has 26 heavy (non-hydrogen) atoms. The standard InChI is InChI=1S/C16H19N3O5S2/c1-19(2)26(23,24)15-5-3-4-13(10-15)16(20)18-11-12-6-8-14(9-7-12)25(17,21)22/h3-10H,11H2,1-2H3,(H,18,20)(H2,17,21,22). The lowest BCUT2D eigenvalue weighted by atomic mass is 10.2. The molecule has 0 aliphatic carbocycles.